The summed E-state index contributed by atoms with van der Waals surface area (Å²) in [5, 5.41) is 2.94. The van der Waals surface area contributed by atoms with Gasteiger partial charge in [-0.05, 0) is 18.9 Å². The molecule has 0 aromatic rings. The van der Waals surface area contributed by atoms with Gasteiger partial charge in [-0.15, -0.1) is 0 Å². The predicted molar refractivity (Wildman–Crippen MR) is 52.9 cm³/mol. The smallest absolute Gasteiger partial charge is 0.243 e. The first-order valence-electron chi connectivity index (χ1n) is 4.65. The van der Waals surface area contributed by atoms with E-state index < -0.39 is 0 Å². The van der Waals surface area contributed by atoms with Gasteiger partial charge in [0, 0.05) is 6.04 Å². The van der Waals surface area contributed by atoms with Gasteiger partial charge in [0.1, 0.15) is 7.85 Å². The van der Waals surface area contributed by atoms with Crippen molar-refractivity contribution in [1.82, 2.24) is 5.32 Å². The molecule has 0 aromatic heterocycles. The van der Waals surface area contributed by atoms with Gasteiger partial charge in [-0.1, -0.05) is 25.2 Å². The molecule has 1 rings (SSSR count). The van der Waals surface area contributed by atoms with Gasteiger partial charge >= 0.3 is 0 Å². The summed E-state index contributed by atoms with van der Waals surface area (Å²) in [6, 6.07) is 0.388. The van der Waals surface area contributed by atoms with Crippen LogP contribution >= 0.6 is 0 Å². The third kappa shape index (κ3) is 2.72. The van der Waals surface area contributed by atoms with Gasteiger partial charge in [0.15, 0.2) is 0 Å². The minimum absolute atomic E-state index is 0.0332. The highest BCUT2D eigenvalue weighted by molar-refractivity contribution is 6.11. The zero-order valence-electron chi connectivity index (χ0n) is 7.68. The highest BCUT2D eigenvalue weighted by Gasteiger charge is 2.19. The fourth-order valence-corrected chi connectivity index (χ4v) is 1.83. The van der Waals surface area contributed by atoms with Crippen molar-refractivity contribution < 1.29 is 4.79 Å². The molecule has 2 unspecified atom stereocenters. The molecule has 2 atom stereocenters. The van der Waals surface area contributed by atoms with Crippen LogP contribution in [0.2, 0.25) is 5.82 Å². The second kappa shape index (κ2) is 4.34. The molecule has 1 aliphatic carbocycles. The number of hydrogen-bond acceptors (Lipinski definition) is 1. The Bertz CT molecular complexity index is 181. The minimum atomic E-state index is -0.0332. The first kappa shape index (κ1) is 9.36. The van der Waals surface area contributed by atoms with E-state index in [0.717, 1.165) is 18.7 Å². The summed E-state index contributed by atoms with van der Waals surface area (Å²) in [5.74, 6) is 0.725. The Hall–Kier alpha value is -0.725. The molecule has 3 heteroatoms. The molecule has 1 saturated carbocycles. The third-order valence-corrected chi connectivity index (χ3v) is 2.47. The lowest BCUT2D eigenvalue weighted by atomic mass is 9.73. The molecule has 1 N–H and O–H groups in total. The lowest BCUT2D eigenvalue weighted by Gasteiger charge is -2.26. The number of hydrogen-bond donors (Lipinski definition) is 1. The fourth-order valence-electron chi connectivity index (χ4n) is 1.83. The van der Waals surface area contributed by atoms with Crippen LogP contribution in [0.4, 0.5) is 0 Å². The van der Waals surface area contributed by atoms with Crippen LogP contribution < -0.4 is 5.32 Å². The van der Waals surface area contributed by atoms with Gasteiger partial charge in [0.25, 0.3) is 0 Å². The van der Waals surface area contributed by atoms with Crippen molar-refractivity contribution in [3.63, 3.8) is 0 Å². The molecule has 0 heterocycles. The van der Waals surface area contributed by atoms with Gasteiger partial charge in [-0.3, -0.25) is 4.79 Å². The number of carbonyl (C=O) groups is 1. The second-order valence-electron chi connectivity index (χ2n) is 3.68. The van der Waals surface area contributed by atoms with E-state index in [1.807, 2.05) is 0 Å². The monoisotopic (exact) mass is 165 g/mol. The van der Waals surface area contributed by atoms with Crippen LogP contribution in [0.25, 0.3) is 0 Å². The maximum absolute atomic E-state index is 11.0. The van der Waals surface area contributed by atoms with Crippen LogP contribution in [0, 0.1) is 0 Å². The maximum atomic E-state index is 11.0. The van der Waals surface area contributed by atoms with E-state index in [4.69, 9.17) is 0 Å². The maximum Gasteiger partial charge on any atom is 0.243 e. The molecule has 0 aromatic carbocycles. The van der Waals surface area contributed by atoms with Crippen LogP contribution in [0.1, 0.15) is 25.7 Å². The summed E-state index contributed by atoms with van der Waals surface area (Å²) in [5.41, 5.74) is 0. The van der Waals surface area contributed by atoms with E-state index in [1.165, 1.54) is 18.9 Å². The van der Waals surface area contributed by atoms with Crippen LogP contribution in [0.5, 0.6) is 0 Å². The fraction of sp³-hybridized carbons (Fsp3) is 0.667. The van der Waals surface area contributed by atoms with Gasteiger partial charge < -0.3 is 5.32 Å². The Morgan fingerprint density at radius 1 is 1.58 bits per heavy atom. The van der Waals surface area contributed by atoms with Crippen LogP contribution in [0.15, 0.2) is 12.7 Å². The summed E-state index contributed by atoms with van der Waals surface area (Å²) < 4.78 is 0. The summed E-state index contributed by atoms with van der Waals surface area (Å²) in [6.07, 6.45) is 6.15. The number of rotatable bonds is 2. The number of amides is 1. The summed E-state index contributed by atoms with van der Waals surface area (Å²) in [7, 11) is 2.24. The van der Waals surface area contributed by atoms with E-state index in [-0.39, 0.29) is 5.91 Å². The highest BCUT2D eigenvalue weighted by Crippen LogP contribution is 2.25. The van der Waals surface area contributed by atoms with E-state index in [1.54, 1.807) is 0 Å². The van der Waals surface area contributed by atoms with Gasteiger partial charge in [0.2, 0.25) is 5.91 Å². The first-order chi connectivity index (χ1) is 5.72. The Morgan fingerprint density at radius 3 is 2.92 bits per heavy atom. The zero-order valence-corrected chi connectivity index (χ0v) is 7.68. The lowest BCUT2D eigenvalue weighted by Crippen LogP contribution is -2.36. The topological polar surface area (TPSA) is 29.1 Å². The van der Waals surface area contributed by atoms with Crippen molar-refractivity contribution in [3.05, 3.63) is 12.7 Å². The molecule has 0 saturated heterocycles. The van der Waals surface area contributed by atoms with Crippen molar-refractivity contribution in [2.45, 2.75) is 37.5 Å². The zero-order chi connectivity index (χ0) is 8.97. The van der Waals surface area contributed by atoms with Crippen molar-refractivity contribution in [1.29, 1.82) is 0 Å². The van der Waals surface area contributed by atoms with Crippen LogP contribution in [-0.4, -0.2) is 19.8 Å². The molecular formula is C9H16BNO. The molecule has 1 aliphatic rings. The summed E-state index contributed by atoms with van der Waals surface area (Å²) in [6.45, 7) is 3.43. The highest BCUT2D eigenvalue weighted by atomic mass is 16.1. The quantitative estimate of drug-likeness (QED) is 0.472. The molecule has 0 radical (unpaired) electrons. The van der Waals surface area contributed by atoms with E-state index in [2.05, 4.69) is 19.7 Å². The van der Waals surface area contributed by atoms with Gasteiger partial charge in [-0.25, -0.2) is 0 Å². The predicted octanol–water partition coefficient (Wildman–Crippen LogP) is 0.653. The number of carbonyl (C=O) groups excluding carboxylic acids is 1. The lowest BCUT2D eigenvalue weighted by molar-refractivity contribution is -0.117. The Balaban J connectivity index is 2.31. The van der Waals surface area contributed by atoms with E-state index in [9.17, 15) is 4.79 Å². The van der Waals surface area contributed by atoms with Crippen molar-refractivity contribution in [2.75, 3.05) is 0 Å². The average molecular weight is 165 g/mol. The van der Waals surface area contributed by atoms with Crippen LogP contribution in [-0.2, 0) is 4.79 Å². The van der Waals surface area contributed by atoms with E-state index >= 15 is 0 Å². The summed E-state index contributed by atoms with van der Waals surface area (Å²) in [4.78, 5) is 11.0. The summed E-state index contributed by atoms with van der Waals surface area (Å²) >= 11 is 0. The molecule has 2 nitrogen and oxygen atoms in total. The third-order valence-electron chi connectivity index (χ3n) is 2.47. The molecule has 1 fully saturated rings. The minimum Gasteiger partial charge on any atom is -0.350 e. The molecule has 0 bridgehead atoms. The number of nitrogens with one attached hydrogen (secondary N) is 1. The molecule has 66 valence electrons. The normalized spacial score (nSPS) is 29.3. The molecular weight excluding hydrogens is 149 g/mol. The van der Waals surface area contributed by atoms with E-state index in [0.29, 0.717) is 6.04 Å². The molecule has 0 spiro atoms. The second-order valence-corrected chi connectivity index (χ2v) is 3.68. The average Bonchev–Trinajstić information content (AvgIpc) is 2.04. The molecule has 0 aliphatic heterocycles. The van der Waals surface area contributed by atoms with Gasteiger partial charge in [-0.2, -0.15) is 0 Å². The molecule has 12 heavy (non-hydrogen) atoms. The Morgan fingerprint density at radius 2 is 2.33 bits per heavy atom. The van der Waals surface area contributed by atoms with Crippen LogP contribution in [0.3, 0.4) is 0 Å². The van der Waals surface area contributed by atoms with Crippen molar-refractivity contribution >= 4 is 13.8 Å². The Labute approximate surface area is 74.8 Å². The Kier molecular flexibility index (Phi) is 3.38. The van der Waals surface area contributed by atoms with Crippen molar-refractivity contribution in [2.24, 2.45) is 0 Å². The van der Waals surface area contributed by atoms with Crippen molar-refractivity contribution in [3.8, 4) is 0 Å². The SMILES string of the molecule is BC1CCCC(NC(=O)C=C)C1. The molecule has 1 amide bonds. The first-order valence-corrected chi connectivity index (χ1v) is 4.65. The standard InChI is InChI=1S/C9H16BNO/c1-2-9(12)11-8-5-3-4-7(10)6-8/h2,7-8H,1,3-6,10H2,(H,11,12). The van der Waals surface area contributed by atoms with Gasteiger partial charge in [0.05, 0.1) is 0 Å². The largest absolute Gasteiger partial charge is 0.350 e.